The number of carbonyl (C=O) groups is 1. The minimum Gasteiger partial charge on any atom is -0.545 e. The van der Waals surface area contributed by atoms with E-state index in [-0.39, 0.29) is 11.6 Å². The topological polar surface area (TPSA) is 105 Å². The highest BCUT2D eigenvalue weighted by Crippen LogP contribution is 2.24. The number of hydrogen-bond acceptors (Lipinski definition) is 6. The molecule has 0 saturated heterocycles. The van der Waals surface area contributed by atoms with E-state index in [4.69, 9.17) is 0 Å². The number of pyridine rings is 1. The van der Waals surface area contributed by atoms with Gasteiger partial charge in [-0.1, -0.05) is 30.4 Å². The highest BCUT2D eigenvalue weighted by molar-refractivity contribution is 5.87. The number of aromatic carboxylic acids is 1. The third-order valence-electron chi connectivity index (χ3n) is 5.05. The van der Waals surface area contributed by atoms with E-state index < -0.39 is 5.97 Å². The number of carboxylic acid groups (broad SMARTS) is 1. The van der Waals surface area contributed by atoms with Gasteiger partial charge in [0, 0.05) is 41.1 Å². The van der Waals surface area contributed by atoms with Crippen LogP contribution in [0.5, 0.6) is 0 Å². The summed E-state index contributed by atoms with van der Waals surface area (Å²) in [6, 6.07) is 13.3. The molecule has 2 heterocycles. The Morgan fingerprint density at radius 1 is 1.16 bits per heavy atom. The Balaban J connectivity index is 1.36. The molecule has 7 nitrogen and oxygen atoms in total. The number of anilines is 3. The molecule has 7 heteroatoms. The van der Waals surface area contributed by atoms with Crippen LogP contribution in [-0.4, -0.2) is 22.0 Å². The largest absolute Gasteiger partial charge is 0.545 e. The van der Waals surface area contributed by atoms with Gasteiger partial charge in [-0.15, -0.1) is 0 Å². The van der Waals surface area contributed by atoms with Crippen molar-refractivity contribution >= 4 is 23.0 Å². The lowest BCUT2D eigenvalue weighted by molar-refractivity contribution is -0.255. The summed E-state index contributed by atoms with van der Waals surface area (Å²) >= 11 is 0. The molecule has 0 amide bonds. The molecule has 1 aromatic carbocycles. The van der Waals surface area contributed by atoms with Crippen LogP contribution in [0.2, 0.25) is 0 Å². The lowest BCUT2D eigenvalue weighted by Crippen LogP contribution is -2.30. The molecule has 2 aromatic heterocycles. The molecule has 1 atom stereocenters. The molecule has 3 aromatic rings. The number of nitrogens with zero attached hydrogens (tertiary/aromatic N) is 1. The predicted molar refractivity (Wildman–Crippen MR) is 125 cm³/mol. The normalized spacial score (nSPS) is 15.0. The van der Waals surface area contributed by atoms with Gasteiger partial charge in [0.05, 0.1) is 23.2 Å². The van der Waals surface area contributed by atoms with Crippen molar-refractivity contribution in [2.24, 2.45) is 0 Å². The van der Waals surface area contributed by atoms with Crippen LogP contribution in [0.15, 0.2) is 91.1 Å². The standard InChI is InChI=1S/C25H25N5O2/c1-16-4-3-5-21(12-16)29-17(2)28-19-6-8-20(9-7-19)30-22-10-11-26-24(14-22)23-13-18(15-27-23)25(31)32/h3-11,13-15,21,27-29H,2,12H2,1H3,(H,26,30)(H,31,32)/p-1. The van der Waals surface area contributed by atoms with Crippen LogP contribution in [0, 0.1) is 0 Å². The summed E-state index contributed by atoms with van der Waals surface area (Å²) in [4.78, 5) is 18.2. The third kappa shape index (κ3) is 5.26. The quantitative estimate of drug-likeness (QED) is 0.435. The van der Waals surface area contributed by atoms with Crippen molar-refractivity contribution in [1.29, 1.82) is 0 Å². The maximum atomic E-state index is 11.0. The molecule has 4 rings (SSSR count). The van der Waals surface area contributed by atoms with E-state index in [0.717, 1.165) is 29.3 Å². The van der Waals surface area contributed by atoms with Crippen molar-refractivity contribution in [1.82, 2.24) is 15.3 Å². The van der Waals surface area contributed by atoms with Crippen molar-refractivity contribution in [2.75, 3.05) is 10.6 Å². The molecule has 0 saturated carbocycles. The zero-order valence-electron chi connectivity index (χ0n) is 17.7. The number of rotatable bonds is 8. The van der Waals surface area contributed by atoms with Gasteiger partial charge in [0.15, 0.2) is 0 Å². The number of hydrogen-bond donors (Lipinski definition) is 4. The molecule has 0 bridgehead atoms. The van der Waals surface area contributed by atoms with Crippen LogP contribution >= 0.6 is 0 Å². The van der Waals surface area contributed by atoms with E-state index in [1.54, 1.807) is 6.20 Å². The zero-order valence-corrected chi connectivity index (χ0v) is 17.7. The Hall–Kier alpha value is -4.26. The molecule has 32 heavy (non-hydrogen) atoms. The Bertz CT molecular complexity index is 1190. The van der Waals surface area contributed by atoms with Gasteiger partial charge in [0.25, 0.3) is 0 Å². The molecule has 1 aliphatic rings. The first-order valence-corrected chi connectivity index (χ1v) is 10.3. The SMILES string of the molecule is C=C(Nc1ccc(Nc2ccnc(-c3cc(C(=O)[O-])c[nH]3)c2)cc1)NC1C=CC=C(C)C1. The number of carboxylic acids is 1. The van der Waals surface area contributed by atoms with Gasteiger partial charge in [0.2, 0.25) is 0 Å². The fourth-order valence-electron chi connectivity index (χ4n) is 3.49. The van der Waals surface area contributed by atoms with Gasteiger partial charge < -0.3 is 30.8 Å². The second kappa shape index (κ2) is 9.26. The first-order chi connectivity index (χ1) is 15.5. The molecule has 0 fully saturated rings. The van der Waals surface area contributed by atoms with E-state index in [1.807, 2.05) is 36.4 Å². The third-order valence-corrected chi connectivity index (χ3v) is 5.05. The molecular formula is C25H24N5O2-. The fourth-order valence-corrected chi connectivity index (χ4v) is 3.49. The van der Waals surface area contributed by atoms with Crippen molar-refractivity contribution in [3.63, 3.8) is 0 Å². The average molecular weight is 427 g/mol. The van der Waals surface area contributed by atoms with Gasteiger partial charge in [-0.3, -0.25) is 4.98 Å². The number of aromatic nitrogens is 2. The average Bonchev–Trinajstić information content (AvgIpc) is 3.26. The second-order valence-electron chi connectivity index (χ2n) is 7.68. The van der Waals surface area contributed by atoms with Gasteiger partial charge >= 0.3 is 0 Å². The van der Waals surface area contributed by atoms with Crippen LogP contribution in [0.3, 0.4) is 0 Å². The van der Waals surface area contributed by atoms with Crippen molar-refractivity contribution in [3.05, 3.63) is 96.6 Å². The minimum absolute atomic E-state index is 0.0884. The number of benzene rings is 1. The van der Waals surface area contributed by atoms with E-state index in [9.17, 15) is 9.90 Å². The number of H-pyrrole nitrogens is 1. The summed E-state index contributed by atoms with van der Waals surface area (Å²) in [5, 5.41) is 21.0. The van der Waals surface area contributed by atoms with E-state index >= 15 is 0 Å². The molecule has 1 unspecified atom stereocenters. The number of aromatic amines is 1. The van der Waals surface area contributed by atoms with Crippen LogP contribution < -0.4 is 21.1 Å². The maximum Gasteiger partial charge on any atom is 0.0961 e. The summed E-state index contributed by atoms with van der Waals surface area (Å²) in [7, 11) is 0. The summed E-state index contributed by atoms with van der Waals surface area (Å²) in [6.07, 6.45) is 10.3. The lowest BCUT2D eigenvalue weighted by atomic mass is 10.0. The fraction of sp³-hybridized carbons (Fsp3) is 0.120. The van der Waals surface area contributed by atoms with Crippen molar-refractivity contribution in [2.45, 2.75) is 19.4 Å². The van der Waals surface area contributed by atoms with Gasteiger partial charge in [0.1, 0.15) is 0 Å². The number of allylic oxidation sites excluding steroid dienone is 2. The Morgan fingerprint density at radius 3 is 2.66 bits per heavy atom. The molecule has 0 spiro atoms. The van der Waals surface area contributed by atoms with E-state index in [0.29, 0.717) is 11.4 Å². The Kier molecular flexibility index (Phi) is 6.07. The second-order valence-corrected chi connectivity index (χ2v) is 7.68. The summed E-state index contributed by atoms with van der Waals surface area (Å²) < 4.78 is 0. The first kappa shape index (κ1) is 21.0. The highest BCUT2D eigenvalue weighted by Gasteiger charge is 2.09. The molecule has 1 aliphatic carbocycles. The van der Waals surface area contributed by atoms with Crippen LogP contribution in [-0.2, 0) is 0 Å². The highest BCUT2D eigenvalue weighted by atomic mass is 16.4. The van der Waals surface area contributed by atoms with Crippen LogP contribution in [0.4, 0.5) is 17.1 Å². The van der Waals surface area contributed by atoms with Gasteiger partial charge in [-0.05, 0) is 55.8 Å². The first-order valence-electron chi connectivity index (χ1n) is 10.3. The molecule has 4 N–H and O–H groups in total. The predicted octanol–water partition coefficient (Wildman–Crippen LogP) is 3.93. The molecule has 162 valence electrons. The number of carbonyl (C=O) groups excluding carboxylic acids is 1. The monoisotopic (exact) mass is 426 g/mol. The van der Waals surface area contributed by atoms with Crippen LogP contribution in [0.1, 0.15) is 23.7 Å². The molecular weight excluding hydrogens is 402 g/mol. The summed E-state index contributed by atoms with van der Waals surface area (Å²) in [5.41, 5.74) is 5.33. The van der Waals surface area contributed by atoms with E-state index in [1.165, 1.54) is 17.8 Å². The van der Waals surface area contributed by atoms with Gasteiger partial charge in [-0.25, -0.2) is 0 Å². The summed E-state index contributed by atoms with van der Waals surface area (Å²) in [5.74, 6) is -0.480. The smallest absolute Gasteiger partial charge is 0.0961 e. The summed E-state index contributed by atoms with van der Waals surface area (Å²) in [6.45, 7) is 6.19. The minimum atomic E-state index is -1.23. The maximum absolute atomic E-state index is 11.0. The van der Waals surface area contributed by atoms with Gasteiger partial charge in [-0.2, -0.15) is 0 Å². The Morgan fingerprint density at radius 2 is 1.94 bits per heavy atom. The van der Waals surface area contributed by atoms with Crippen molar-refractivity contribution < 1.29 is 9.90 Å². The zero-order chi connectivity index (χ0) is 22.5. The Labute approximate surface area is 186 Å². The van der Waals surface area contributed by atoms with E-state index in [2.05, 4.69) is 57.6 Å². The van der Waals surface area contributed by atoms with Crippen LogP contribution in [0.25, 0.3) is 11.4 Å². The molecule has 0 aliphatic heterocycles. The van der Waals surface area contributed by atoms with Crippen molar-refractivity contribution in [3.8, 4) is 11.4 Å². The lowest BCUT2D eigenvalue weighted by Gasteiger charge is -2.21. The number of nitrogens with one attached hydrogen (secondary N) is 4. The molecule has 0 radical (unpaired) electrons.